The van der Waals surface area contributed by atoms with Gasteiger partial charge in [0.2, 0.25) is 0 Å². The fraction of sp³-hybridized carbons (Fsp3) is 0.200. The number of amides is 1. The van der Waals surface area contributed by atoms with Crippen LogP contribution in [0, 0.1) is 6.92 Å². The van der Waals surface area contributed by atoms with Crippen LogP contribution < -0.4 is 10.1 Å². The van der Waals surface area contributed by atoms with E-state index < -0.39 is 6.10 Å². The zero-order valence-electron chi connectivity index (χ0n) is 15.0. The molecule has 1 atom stereocenters. The minimum Gasteiger partial charge on any atom is -0.481 e. The van der Waals surface area contributed by atoms with Gasteiger partial charge < -0.3 is 14.6 Å². The van der Waals surface area contributed by atoms with Gasteiger partial charge in [0.15, 0.2) is 11.3 Å². The van der Waals surface area contributed by atoms with Crippen LogP contribution in [0.5, 0.6) is 5.75 Å². The maximum atomic E-state index is 12.6. The number of ether oxygens (including phenoxy) is 1. The first kappa shape index (κ1) is 18.1. The zero-order valence-corrected chi connectivity index (χ0v) is 15.8. The summed E-state index contributed by atoms with van der Waals surface area (Å²) < 4.78 is 7.70. The van der Waals surface area contributed by atoms with Gasteiger partial charge in [0, 0.05) is 24.3 Å². The molecule has 1 aromatic heterocycles. The number of carbonyl (C=O) groups excluding carboxylic acids is 1. The molecule has 1 amide bonds. The molecular weight excluding hydrogens is 346 g/mol. The molecule has 3 rings (SSSR count). The van der Waals surface area contributed by atoms with E-state index in [0.29, 0.717) is 5.75 Å². The molecule has 0 aliphatic heterocycles. The molecule has 0 aliphatic carbocycles. The van der Waals surface area contributed by atoms with Gasteiger partial charge in [-0.05, 0) is 55.4 Å². The number of para-hydroxylation sites is 1. The number of carbonyl (C=O) groups is 1. The van der Waals surface area contributed by atoms with Crippen molar-refractivity contribution in [2.45, 2.75) is 30.0 Å². The third-order valence-electron chi connectivity index (χ3n) is 3.79. The molecule has 1 heterocycles. The van der Waals surface area contributed by atoms with E-state index in [-0.39, 0.29) is 5.91 Å². The molecule has 0 fully saturated rings. The van der Waals surface area contributed by atoms with Gasteiger partial charge in [-0.1, -0.05) is 24.3 Å². The van der Waals surface area contributed by atoms with Crippen LogP contribution in [-0.4, -0.2) is 21.6 Å². The molecule has 0 saturated carbocycles. The topological polar surface area (TPSA) is 56.1 Å². The number of anilines is 1. The molecule has 26 heavy (non-hydrogen) atoms. The van der Waals surface area contributed by atoms with E-state index in [0.717, 1.165) is 21.3 Å². The number of aromatic nitrogens is 2. The number of hydrogen-bond acceptors (Lipinski definition) is 4. The lowest BCUT2D eigenvalue weighted by Gasteiger charge is -2.16. The Morgan fingerprint density at radius 1 is 1.23 bits per heavy atom. The van der Waals surface area contributed by atoms with Gasteiger partial charge in [0.25, 0.3) is 5.91 Å². The second kappa shape index (κ2) is 8.10. The predicted molar refractivity (Wildman–Crippen MR) is 104 cm³/mol. The van der Waals surface area contributed by atoms with E-state index in [9.17, 15) is 4.79 Å². The number of hydrogen-bond donors (Lipinski definition) is 1. The van der Waals surface area contributed by atoms with Crippen molar-refractivity contribution in [1.82, 2.24) is 9.55 Å². The molecule has 1 N–H and O–H groups in total. The minimum absolute atomic E-state index is 0.195. The summed E-state index contributed by atoms with van der Waals surface area (Å²) in [6.45, 7) is 3.73. The van der Waals surface area contributed by atoms with Crippen molar-refractivity contribution in [2.24, 2.45) is 7.05 Å². The van der Waals surface area contributed by atoms with Crippen LogP contribution in [0.4, 0.5) is 5.69 Å². The molecule has 0 bridgehead atoms. The largest absolute Gasteiger partial charge is 0.481 e. The molecule has 0 radical (unpaired) electrons. The zero-order chi connectivity index (χ0) is 18.5. The average molecular weight is 367 g/mol. The molecule has 5 nitrogen and oxygen atoms in total. The van der Waals surface area contributed by atoms with Crippen molar-refractivity contribution in [1.29, 1.82) is 0 Å². The summed E-state index contributed by atoms with van der Waals surface area (Å²) in [6, 6.07) is 15.3. The number of aryl methyl sites for hydroxylation is 2. The van der Waals surface area contributed by atoms with E-state index in [1.165, 1.54) is 11.8 Å². The lowest BCUT2D eigenvalue weighted by molar-refractivity contribution is -0.122. The van der Waals surface area contributed by atoms with E-state index in [1.807, 2.05) is 73.3 Å². The van der Waals surface area contributed by atoms with E-state index in [4.69, 9.17) is 4.74 Å². The first-order valence-electron chi connectivity index (χ1n) is 8.31. The summed E-state index contributed by atoms with van der Waals surface area (Å²) in [5.41, 5.74) is 1.83. The molecule has 6 heteroatoms. The fourth-order valence-corrected chi connectivity index (χ4v) is 3.28. The molecular formula is C20H21N3O2S. The van der Waals surface area contributed by atoms with Gasteiger partial charge in [-0.15, -0.1) is 0 Å². The van der Waals surface area contributed by atoms with Crippen LogP contribution in [0.3, 0.4) is 0 Å². The summed E-state index contributed by atoms with van der Waals surface area (Å²) in [7, 11) is 1.94. The molecule has 2 aromatic carbocycles. The summed E-state index contributed by atoms with van der Waals surface area (Å²) >= 11 is 1.50. The number of nitrogens with one attached hydrogen (secondary N) is 1. The standard InChI is InChI=1S/C20H21N3O2S/c1-14-7-6-8-16(13-14)25-15(2)19(24)22-17-9-4-5-10-18(17)26-20-21-11-12-23(20)3/h4-13,15H,1-3H3,(H,22,24). The van der Waals surface area contributed by atoms with Crippen LogP contribution in [0.1, 0.15) is 12.5 Å². The Morgan fingerprint density at radius 2 is 2.04 bits per heavy atom. The van der Waals surface area contributed by atoms with Gasteiger partial charge in [0.1, 0.15) is 5.75 Å². The molecule has 3 aromatic rings. The van der Waals surface area contributed by atoms with Crippen molar-refractivity contribution in [2.75, 3.05) is 5.32 Å². The lowest BCUT2D eigenvalue weighted by atomic mass is 10.2. The number of benzene rings is 2. The van der Waals surface area contributed by atoms with Gasteiger partial charge >= 0.3 is 0 Å². The van der Waals surface area contributed by atoms with E-state index >= 15 is 0 Å². The van der Waals surface area contributed by atoms with Crippen molar-refractivity contribution >= 4 is 23.4 Å². The summed E-state index contributed by atoms with van der Waals surface area (Å²) in [5, 5.41) is 3.81. The summed E-state index contributed by atoms with van der Waals surface area (Å²) in [4.78, 5) is 17.8. The highest BCUT2D eigenvalue weighted by Crippen LogP contribution is 2.32. The minimum atomic E-state index is -0.608. The van der Waals surface area contributed by atoms with E-state index in [1.54, 1.807) is 13.1 Å². The SMILES string of the molecule is Cc1cccc(OC(C)C(=O)Nc2ccccc2Sc2nccn2C)c1. The molecule has 0 aliphatic rings. The molecule has 0 saturated heterocycles. The van der Waals surface area contributed by atoms with Gasteiger partial charge in [-0.2, -0.15) is 0 Å². The monoisotopic (exact) mass is 367 g/mol. The van der Waals surface area contributed by atoms with Gasteiger partial charge in [0.05, 0.1) is 5.69 Å². The highest BCUT2D eigenvalue weighted by atomic mass is 32.2. The van der Waals surface area contributed by atoms with Crippen LogP contribution in [0.25, 0.3) is 0 Å². The molecule has 1 unspecified atom stereocenters. The van der Waals surface area contributed by atoms with E-state index in [2.05, 4.69) is 10.3 Å². The van der Waals surface area contributed by atoms with Crippen molar-refractivity contribution in [3.05, 3.63) is 66.5 Å². The Bertz CT molecular complexity index is 907. The van der Waals surface area contributed by atoms with Crippen LogP contribution >= 0.6 is 11.8 Å². The first-order chi connectivity index (χ1) is 12.5. The van der Waals surface area contributed by atoms with Crippen LogP contribution in [-0.2, 0) is 11.8 Å². The highest BCUT2D eigenvalue weighted by molar-refractivity contribution is 7.99. The maximum Gasteiger partial charge on any atom is 0.265 e. The van der Waals surface area contributed by atoms with Crippen LogP contribution in [0.2, 0.25) is 0 Å². The molecule has 0 spiro atoms. The summed E-state index contributed by atoms with van der Waals surface area (Å²) in [6.07, 6.45) is 3.03. The average Bonchev–Trinajstić information content (AvgIpc) is 3.01. The van der Waals surface area contributed by atoms with Crippen LogP contribution in [0.15, 0.2) is 71.0 Å². The molecule has 134 valence electrons. The normalized spacial score (nSPS) is 11.8. The highest BCUT2D eigenvalue weighted by Gasteiger charge is 2.17. The predicted octanol–water partition coefficient (Wildman–Crippen LogP) is 4.29. The summed E-state index contributed by atoms with van der Waals surface area (Å²) in [5.74, 6) is 0.489. The number of nitrogens with zero attached hydrogens (tertiary/aromatic N) is 2. The maximum absolute atomic E-state index is 12.6. The first-order valence-corrected chi connectivity index (χ1v) is 9.13. The lowest BCUT2D eigenvalue weighted by Crippen LogP contribution is -2.30. The Labute approximate surface area is 157 Å². The second-order valence-corrected chi connectivity index (χ2v) is 6.99. The Balaban J connectivity index is 1.70. The van der Waals surface area contributed by atoms with Crippen molar-refractivity contribution in [3.63, 3.8) is 0 Å². The van der Waals surface area contributed by atoms with Crippen molar-refractivity contribution < 1.29 is 9.53 Å². The Hall–Kier alpha value is -2.73. The smallest absolute Gasteiger partial charge is 0.265 e. The quantitative estimate of drug-likeness (QED) is 0.706. The third kappa shape index (κ3) is 4.46. The third-order valence-corrected chi connectivity index (χ3v) is 4.95. The van der Waals surface area contributed by atoms with Gasteiger partial charge in [-0.3, -0.25) is 4.79 Å². The Morgan fingerprint density at radius 3 is 2.77 bits per heavy atom. The fourth-order valence-electron chi connectivity index (χ4n) is 2.39. The Kier molecular flexibility index (Phi) is 5.63. The van der Waals surface area contributed by atoms with Crippen molar-refractivity contribution in [3.8, 4) is 5.75 Å². The number of rotatable bonds is 6. The second-order valence-electron chi connectivity index (χ2n) is 5.98. The van der Waals surface area contributed by atoms with Gasteiger partial charge in [-0.25, -0.2) is 4.98 Å². The number of imidazole rings is 1.